The molecule has 1 aromatic heterocycles. The van der Waals surface area contributed by atoms with E-state index in [1.165, 1.54) is 24.1 Å². The molecule has 0 amide bonds. The number of hydrogen-bond donors (Lipinski definition) is 1. The first-order valence-corrected chi connectivity index (χ1v) is 7.40. The monoisotopic (exact) mass is 286 g/mol. The molecule has 0 bridgehead atoms. The SMILES string of the molecule is COC(c1ccccc1)c1nc(=S)c2c([nH]1)CCCC2. The fraction of sp³-hybridized carbons (Fsp3) is 0.375. The van der Waals surface area contributed by atoms with Gasteiger partial charge in [-0.25, -0.2) is 4.98 Å². The van der Waals surface area contributed by atoms with Crippen molar-refractivity contribution in [2.75, 3.05) is 7.11 Å². The van der Waals surface area contributed by atoms with Gasteiger partial charge in [-0.3, -0.25) is 0 Å². The molecule has 0 spiro atoms. The van der Waals surface area contributed by atoms with Gasteiger partial charge in [-0.05, 0) is 31.2 Å². The molecule has 0 radical (unpaired) electrons. The van der Waals surface area contributed by atoms with Crippen LogP contribution in [0.3, 0.4) is 0 Å². The van der Waals surface area contributed by atoms with Gasteiger partial charge in [0.1, 0.15) is 16.6 Å². The molecular weight excluding hydrogens is 268 g/mol. The first-order valence-electron chi connectivity index (χ1n) is 6.99. The lowest BCUT2D eigenvalue weighted by molar-refractivity contribution is 0.128. The standard InChI is InChI=1S/C16H18N2OS/c1-19-14(11-7-3-2-4-8-11)15-17-13-10-6-5-9-12(13)16(20)18-15/h2-4,7-8,14H,5-6,9-10H2,1H3,(H,17,18,20). The third kappa shape index (κ3) is 2.53. The van der Waals surface area contributed by atoms with Crippen LogP contribution in [0.1, 0.15) is 41.6 Å². The molecule has 0 saturated heterocycles. The number of aromatic amines is 1. The molecule has 4 heteroatoms. The molecule has 1 atom stereocenters. The largest absolute Gasteiger partial charge is 0.369 e. The van der Waals surface area contributed by atoms with Crippen LogP contribution in [0.15, 0.2) is 30.3 Å². The van der Waals surface area contributed by atoms with Crippen molar-refractivity contribution in [1.82, 2.24) is 9.97 Å². The summed E-state index contributed by atoms with van der Waals surface area (Å²) in [5.41, 5.74) is 3.55. The van der Waals surface area contributed by atoms with Gasteiger partial charge in [-0.1, -0.05) is 42.5 Å². The van der Waals surface area contributed by atoms with Crippen LogP contribution in [0.2, 0.25) is 0 Å². The van der Waals surface area contributed by atoms with Crippen molar-refractivity contribution in [1.29, 1.82) is 0 Å². The zero-order valence-electron chi connectivity index (χ0n) is 11.6. The first kappa shape index (κ1) is 13.5. The van der Waals surface area contributed by atoms with Gasteiger partial charge in [0, 0.05) is 18.4 Å². The lowest BCUT2D eigenvalue weighted by Crippen LogP contribution is -2.14. The Kier molecular flexibility index (Phi) is 3.94. The summed E-state index contributed by atoms with van der Waals surface area (Å²) in [5, 5.41) is 0. The van der Waals surface area contributed by atoms with Crippen LogP contribution < -0.4 is 0 Å². The molecule has 1 aromatic carbocycles. The maximum atomic E-state index is 5.63. The van der Waals surface area contributed by atoms with Crippen LogP contribution in [0, 0.1) is 4.64 Å². The quantitative estimate of drug-likeness (QED) is 0.873. The predicted molar refractivity (Wildman–Crippen MR) is 81.4 cm³/mol. The fourth-order valence-electron chi connectivity index (χ4n) is 2.80. The minimum atomic E-state index is -0.190. The number of fused-ring (bicyclic) bond motifs is 1. The van der Waals surface area contributed by atoms with E-state index in [-0.39, 0.29) is 6.10 Å². The van der Waals surface area contributed by atoms with Crippen molar-refractivity contribution >= 4 is 12.2 Å². The molecule has 104 valence electrons. The number of nitrogens with one attached hydrogen (secondary N) is 1. The van der Waals surface area contributed by atoms with Gasteiger partial charge in [0.15, 0.2) is 0 Å². The molecule has 1 aliphatic carbocycles. The molecule has 1 heterocycles. The Morgan fingerprint density at radius 2 is 1.95 bits per heavy atom. The second-order valence-corrected chi connectivity index (χ2v) is 5.50. The highest BCUT2D eigenvalue weighted by Crippen LogP contribution is 2.26. The fourth-order valence-corrected chi connectivity index (χ4v) is 3.12. The van der Waals surface area contributed by atoms with Gasteiger partial charge >= 0.3 is 0 Å². The van der Waals surface area contributed by atoms with E-state index in [0.717, 1.165) is 28.9 Å². The number of methoxy groups -OCH3 is 1. The third-order valence-corrected chi connectivity index (χ3v) is 4.15. The van der Waals surface area contributed by atoms with Crippen LogP contribution in [-0.4, -0.2) is 17.1 Å². The average molecular weight is 286 g/mol. The minimum Gasteiger partial charge on any atom is -0.369 e. The summed E-state index contributed by atoms with van der Waals surface area (Å²) in [6, 6.07) is 10.1. The number of ether oxygens (including phenoxy) is 1. The third-order valence-electron chi connectivity index (χ3n) is 3.81. The van der Waals surface area contributed by atoms with E-state index in [9.17, 15) is 0 Å². The molecule has 3 nitrogen and oxygen atoms in total. The number of nitrogens with zero attached hydrogens (tertiary/aromatic N) is 1. The highest BCUT2D eigenvalue weighted by Gasteiger charge is 2.19. The zero-order chi connectivity index (χ0) is 13.9. The normalized spacial score (nSPS) is 15.7. The van der Waals surface area contributed by atoms with Crippen LogP contribution in [-0.2, 0) is 17.6 Å². The number of rotatable bonds is 3. The van der Waals surface area contributed by atoms with Crippen LogP contribution in [0.5, 0.6) is 0 Å². The molecule has 0 fully saturated rings. The molecule has 3 rings (SSSR count). The summed E-state index contributed by atoms with van der Waals surface area (Å²) >= 11 is 5.46. The second-order valence-electron chi connectivity index (χ2n) is 5.12. The number of benzene rings is 1. The van der Waals surface area contributed by atoms with Crippen LogP contribution >= 0.6 is 12.2 Å². The Morgan fingerprint density at radius 3 is 2.70 bits per heavy atom. The highest BCUT2D eigenvalue weighted by atomic mass is 32.1. The molecule has 2 aromatic rings. The van der Waals surface area contributed by atoms with Crippen molar-refractivity contribution < 1.29 is 4.74 Å². The van der Waals surface area contributed by atoms with Crippen molar-refractivity contribution in [3.63, 3.8) is 0 Å². The van der Waals surface area contributed by atoms with Gasteiger partial charge in [-0.2, -0.15) is 0 Å². The second kappa shape index (κ2) is 5.85. The molecule has 0 aliphatic heterocycles. The van der Waals surface area contributed by atoms with Crippen LogP contribution in [0.4, 0.5) is 0 Å². The van der Waals surface area contributed by atoms with E-state index in [1.807, 2.05) is 30.3 Å². The summed E-state index contributed by atoms with van der Waals surface area (Å²) in [5.74, 6) is 0.810. The summed E-state index contributed by atoms with van der Waals surface area (Å²) < 4.78 is 6.36. The topological polar surface area (TPSA) is 37.9 Å². The molecule has 1 unspecified atom stereocenters. The predicted octanol–water partition coefficient (Wildman–Crippen LogP) is 3.75. The number of H-pyrrole nitrogens is 1. The Labute approximate surface area is 124 Å². The Morgan fingerprint density at radius 1 is 1.20 bits per heavy atom. The van der Waals surface area contributed by atoms with Gasteiger partial charge in [0.25, 0.3) is 0 Å². The summed E-state index contributed by atoms with van der Waals surface area (Å²) in [6.07, 6.45) is 4.33. The Bertz CT molecular complexity index is 651. The number of hydrogen-bond acceptors (Lipinski definition) is 3. The Hall–Kier alpha value is -1.52. The van der Waals surface area contributed by atoms with E-state index in [4.69, 9.17) is 17.0 Å². The molecule has 1 N–H and O–H groups in total. The lowest BCUT2D eigenvalue weighted by Gasteiger charge is -2.20. The summed E-state index contributed by atoms with van der Waals surface area (Å²) in [4.78, 5) is 8.02. The highest BCUT2D eigenvalue weighted by molar-refractivity contribution is 7.71. The van der Waals surface area contributed by atoms with Crippen molar-refractivity contribution in [2.24, 2.45) is 0 Å². The van der Waals surface area contributed by atoms with Crippen LogP contribution in [0.25, 0.3) is 0 Å². The van der Waals surface area contributed by atoms with Gasteiger partial charge in [0.05, 0.1) is 0 Å². The zero-order valence-corrected chi connectivity index (χ0v) is 12.4. The van der Waals surface area contributed by atoms with Crippen molar-refractivity contribution in [2.45, 2.75) is 31.8 Å². The number of aryl methyl sites for hydroxylation is 1. The molecular formula is C16H18N2OS. The Balaban J connectivity index is 2.05. The van der Waals surface area contributed by atoms with E-state index in [0.29, 0.717) is 0 Å². The lowest BCUT2D eigenvalue weighted by atomic mass is 9.97. The maximum absolute atomic E-state index is 5.63. The van der Waals surface area contributed by atoms with Gasteiger partial charge in [-0.15, -0.1) is 0 Å². The minimum absolute atomic E-state index is 0.190. The molecule has 1 aliphatic rings. The smallest absolute Gasteiger partial charge is 0.141 e. The van der Waals surface area contributed by atoms with Crippen molar-refractivity contribution in [3.05, 3.63) is 57.6 Å². The van der Waals surface area contributed by atoms with E-state index < -0.39 is 0 Å². The number of aromatic nitrogens is 2. The summed E-state index contributed by atoms with van der Waals surface area (Å²) in [6.45, 7) is 0. The van der Waals surface area contributed by atoms with Gasteiger partial charge < -0.3 is 9.72 Å². The van der Waals surface area contributed by atoms with Gasteiger partial charge in [0.2, 0.25) is 0 Å². The first-order chi connectivity index (χ1) is 9.79. The maximum Gasteiger partial charge on any atom is 0.141 e. The molecule has 0 saturated carbocycles. The molecule has 20 heavy (non-hydrogen) atoms. The van der Waals surface area contributed by atoms with E-state index in [1.54, 1.807) is 7.11 Å². The van der Waals surface area contributed by atoms with Crippen molar-refractivity contribution in [3.8, 4) is 0 Å². The average Bonchev–Trinajstić information content (AvgIpc) is 2.49. The van der Waals surface area contributed by atoms with E-state index >= 15 is 0 Å². The van der Waals surface area contributed by atoms with E-state index in [2.05, 4.69) is 9.97 Å². The summed E-state index contributed by atoms with van der Waals surface area (Å²) in [7, 11) is 1.70.